The smallest absolute Gasteiger partial charge is 0.457 e. The van der Waals surface area contributed by atoms with Crippen LogP contribution < -0.4 is 0 Å². The Balaban J connectivity index is 3.87. The van der Waals surface area contributed by atoms with Crippen LogP contribution in [0.25, 0.3) is 0 Å². The van der Waals surface area contributed by atoms with Crippen molar-refractivity contribution in [2.24, 2.45) is 0 Å². The summed E-state index contributed by atoms with van der Waals surface area (Å²) in [5.74, 6) is -1.02. The molecule has 0 rings (SSSR count). The van der Waals surface area contributed by atoms with Gasteiger partial charge in [-0.05, 0) is 44.9 Å². The molecule has 10 nitrogen and oxygen atoms in total. The van der Waals surface area contributed by atoms with Crippen LogP contribution in [-0.4, -0.2) is 65.7 Å². The standard InChI is InChI=1S/C45H85O10P/c1-3-5-7-9-11-13-15-17-18-19-20-21-22-23-24-25-27-29-31-33-35-37-45(49)55-43(39-47)41-53-56(50,51)52-40-42(38-46)54-44(48)36-34-32-30-28-26-16-14-12-10-8-6-4-2/h15,17,19-20,42-43,46-47H,3-14,16,18,21-41H2,1-2H3,(H,50,51)/b17-15-,20-19-. The van der Waals surface area contributed by atoms with E-state index in [9.17, 15) is 29.3 Å². The average molecular weight is 817 g/mol. The van der Waals surface area contributed by atoms with Gasteiger partial charge in [-0.2, -0.15) is 0 Å². The molecule has 0 bridgehead atoms. The molecule has 0 aliphatic heterocycles. The minimum atomic E-state index is -4.63. The first kappa shape index (κ1) is 54.5. The van der Waals surface area contributed by atoms with Gasteiger partial charge in [0.1, 0.15) is 12.2 Å². The maximum absolute atomic E-state index is 12.4. The molecular formula is C45H85O10P. The molecule has 0 radical (unpaired) electrons. The summed E-state index contributed by atoms with van der Waals surface area (Å²) in [6, 6.07) is 0. The summed E-state index contributed by atoms with van der Waals surface area (Å²) in [6.07, 6.45) is 41.5. The first-order valence-electron chi connectivity index (χ1n) is 22.8. The number of ether oxygens (including phenoxy) is 2. The van der Waals surface area contributed by atoms with Crippen molar-refractivity contribution in [2.45, 2.75) is 225 Å². The molecule has 330 valence electrons. The van der Waals surface area contributed by atoms with Crippen molar-refractivity contribution in [3.05, 3.63) is 24.3 Å². The fraction of sp³-hybridized carbons (Fsp3) is 0.867. The van der Waals surface area contributed by atoms with Gasteiger partial charge in [-0.3, -0.25) is 18.6 Å². The lowest BCUT2D eigenvalue weighted by atomic mass is 10.0. The number of aliphatic hydroxyl groups excluding tert-OH is 2. The number of phosphoric acid groups is 1. The quantitative estimate of drug-likeness (QED) is 0.0235. The number of aliphatic hydroxyl groups is 2. The zero-order chi connectivity index (χ0) is 41.2. The Kier molecular flexibility index (Phi) is 40.5. The number of unbranched alkanes of at least 4 members (excludes halogenated alkanes) is 25. The lowest BCUT2D eigenvalue weighted by Crippen LogP contribution is -2.28. The van der Waals surface area contributed by atoms with E-state index in [1.54, 1.807) is 0 Å². The molecule has 11 heteroatoms. The first-order valence-corrected chi connectivity index (χ1v) is 24.3. The van der Waals surface area contributed by atoms with E-state index >= 15 is 0 Å². The van der Waals surface area contributed by atoms with Crippen LogP contribution in [0, 0.1) is 0 Å². The fourth-order valence-electron chi connectivity index (χ4n) is 6.38. The van der Waals surface area contributed by atoms with Crippen LogP contribution in [0.2, 0.25) is 0 Å². The number of esters is 2. The van der Waals surface area contributed by atoms with Gasteiger partial charge in [0.15, 0.2) is 0 Å². The Hall–Kier alpha value is -1.55. The third-order valence-corrected chi connectivity index (χ3v) is 10.9. The highest BCUT2D eigenvalue weighted by molar-refractivity contribution is 7.47. The van der Waals surface area contributed by atoms with E-state index in [2.05, 4.69) is 38.2 Å². The summed E-state index contributed by atoms with van der Waals surface area (Å²) in [6.45, 7) is 2.21. The SMILES string of the molecule is CCCCCCC/C=C\C/C=C\CCCCCCCCCCCC(=O)OC(CO)COP(=O)(O)OCC(CO)OC(=O)CCCCCCCCCCCCCC. The minimum Gasteiger partial charge on any atom is -0.457 e. The van der Waals surface area contributed by atoms with Gasteiger partial charge in [0, 0.05) is 12.8 Å². The van der Waals surface area contributed by atoms with Gasteiger partial charge < -0.3 is 24.6 Å². The maximum atomic E-state index is 12.4. The second-order valence-corrected chi connectivity index (χ2v) is 16.8. The molecule has 3 unspecified atom stereocenters. The van der Waals surface area contributed by atoms with Crippen molar-refractivity contribution in [1.29, 1.82) is 0 Å². The molecule has 0 aromatic heterocycles. The lowest BCUT2D eigenvalue weighted by molar-refractivity contribution is -0.153. The number of rotatable bonds is 43. The Morgan fingerprint density at radius 1 is 0.482 bits per heavy atom. The molecule has 0 heterocycles. The highest BCUT2D eigenvalue weighted by Crippen LogP contribution is 2.43. The number of allylic oxidation sites excluding steroid dienone is 4. The summed E-state index contributed by atoms with van der Waals surface area (Å²) >= 11 is 0. The molecule has 3 N–H and O–H groups in total. The van der Waals surface area contributed by atoms with Crippen LogP contribution >= 0.6 is 7.82 Å². The van der Waals surface area contributed by atoms with Crippen LogP contribution in [0.1, 0.15) is 213 Å². The first-order chi connectivity index (χ1) is 27.3. The second-order valence-electron chi connectivity index (χ2n) is 15.4. The van der Waals surface area contributed by atoms with Crippen LogP contribution in [0.4, 0.5) is 0 Å². The van der Waals surface area contributed by atoms with Crippen LogP contribution in [-0.2, 0) is 32.7 Å². The molecule has 0 spiro atoms. The summed E-state index contributed by atoms with van der Waals surface area (Å²) in [5.41, 5.74) is 0. The molecule has 0 saturated heterocycles. The zero-order valence-electron chi connectivity index (χ0n) is 35.9. The van der Waals surface area contributed by atoms with Crippen molar-refractivity contribution in [2.75, 3.05) is 26.4 Å². The van der Waals surface area contributed by atoms with Crippen LogP contribution in [0.15, 0.2) is 24.3 Å². The zero-order valence-corrected chi connectivity index (χ0v) is 36.8. The predicted octanol–water partition coefficient (Wildman–Crippen LogP) is 12.2. The molecule has 0 aliphatic rings. The number of carbonyl (C=O) groups excluding carboxylic acids is 2. The third-order valence-electron chi connectivity index (χ3n) is 9.92. The summed E-state index contributed by atoms with van der Waals surface area (Å²) < 4.78 is 32.6. The van der Waals surface area contributed by atoms with Gasteiger partial charge in [0.25, 0.3) is 0 Å². The van der Waals surface area contributed by atoms with Gasteiger partial charge in [-0.1, -0.05) is 179 Å². The molecule has 0 amide bonds. The Morgan fingerprint density at radius 3 is 1.11 bits per heavy atom. The Labute approximate surface area is 342 Å². The molecular weight excluding hydrogens is 731 g/mol. The van der Waals surface area contributed by atoms with E-state index in [-0.39, 0.29) is 12.8 Å². The van der Waals surface area contributed by atoms with E-state index in [0.717, 1.165) is 51.4 Å². The highest BCUT2D eigenvalue weighted by atomic mass is 31.2. The summed E-state index contributed by atoms with van der Waals surface area (Å²) in [5, 5.41) is 19.2. The van der Waals surface area contributed by atoms with Gasteiger partial charge in [0.05, 0.1) is 26.4 Å². The number of hydrogen-bond donors (Lipinski definition) is 3. The lowest BCUT2D eigenvalue weighted by Gasteiger charge is -2.20. The molecule has 0 saturated carbocycles. The topological polar surface area (TPSA) is 149 Å². The predicted molar refractivity (Wildman–Crippen MR) is 228 cm³/mol. The van der Waals surface area contributed by atoms with E-state index < -0.39 is 58.4 Å². The van der Waals surface area contributed by atoms with E-state index in [0.29, 0.717) is 12.8 Å². The monoisotopic (exact) mass is 817 g/mol. The van der Waals surface area contributed by atoms with E-state index in [1.807, 2.05) is 0 Å². The normalized spacial score (nSPS) is 14.0. The summed E-state index contributed by atoms with van der Waals surface area (Å²) in [7, 11) is -4.63. The average Bonchev–Trinajstić information content (AvgIpc) is 3.19. The van der Waals surface area contributed by atoms with Gasteiger partial charge in [0.2, 0.25) is 0 Å². The summed E-state index contributed by atoms with van der Waals surface area (Å²) in [4.78, 5) is 34.5. The molecule has 0 aromatic rings. The highest BCUT2D eigenvalue weighted by Gasteiger charge is 2.27. The van der Waals surface area contributed by atoms with Crippen molar-refractivity contribution >= 4 is 19.8 Å². The fourth-order valence-corrected chi connectivity index (χ4v) is 7.17. The van der Waals surface area contributed by atoms with Gasteiger partial charge >= 0.3 is 19.8 Å². The number of hydrogen-bond acceptors (Lipinski definition) is 9. The van der Waals surface area contributed by atoms with Crippen molar-refractivity contribution in [1.82, 2.24) is 0 Å². The molecule has 3 atom stereocenters. The van der Waals surface area contributed by atoms with Crippen molar-refractivity contribution in [3.63, 3.8) is 0 Å². The van der Waals surface area contributed by atoms with E-state index in [4.69, 9.17) is 18.5 Å². The number of carbonyl (C=O) groups is 2. The third kappa shape index (κ3) is 39.3. The second kappa shape index (κ2) is 41.6. The maximum Gasteiger partial charge on any atom is 0.472 e. The number of phosphoric ester groups is 1. The Morgan fingerprint density at radius 2 is 0.786 bits per heavy atom. The van der Waals surface area contributed by atoms with Crippen molar-refractivity contribution < 1.29 is 47.8 Å². The van der Waals surface area contributed by atoms with Crippen LogP contribution in [0.5, 0.6) is 0 Å². The Bertz CT molecular complexity index is 988. The molecule has 56 heavy (non-hydrogen) atoms. The molecule has 0 aliphatic carbocycles. The van der Waals surface area contributed by atoms with Gasteiger partial charge in [-0.15, -0.1) is 0 Å². The van der Waals surface area contributed by atoms with E-state index in [1.165, 1.54) is 122 Å². The van der Waals surface area contributed by atoms with Crippen molar-refractivity contribution in [3.8, 4) is 0 Å². The minimum absolute atomic E-state index is 0.189. The largest absolute Gasteiger partial charge is 0.472 e. The van der Waals surface area contributed by atoms with Crippen LogP contribution in [0.3, 0.4) is 0 Å². The molecule has 0 fully saturated rings. The molecule has 0 aromatic carbocycles. The van der Waals surface area contributed by atoms with Gasteiger partial charge in [-0.25, -0.2) is 4.57 Å².